The van der Waals surface area contributed by atoms with Gasteiger partial charge in [0.05, 0.1) is 94.2 Å². The molecule has 12 saturated heterocycles. The van der Waals surface area contributed by atoms with Gasteiger partial charge in [-0.2, -0.15) is 0 Å². The first-order valence-electron chi connectivity index (χ1n) is 41.8. The topological polar surface area (TPSA) is 539 Å². The number of ether oxygens (including phenoxy) is 7. The highest BCUT2D eigenvalue weighted by Gasteiger charge is 2.57. The van der Waals surface area contributed by atoms with Crippen LogP contribution in [0.2, 0.25) is 0 Å². The molecule has 12 aliphatic heterocycles. The highest BCUT2D eigenvalue weighted by atomic mass is 35.5. The zero-order valence-electron chi connectivity index (χ0n) is 67.2. The zero-order valence-corrected chi connectivity index (χ0v) is 69.5. The number of esters is 1. The summed E-state index contributed by atoms with van der Waals surface area (Å²) in [6, 6.07) is -12.3. The fraction of sp³-hybridized carbons (Fsp3) is 0.787. The summed E-state index contributed by atoms with van der Waals surface area (Å²) in [6.07, 6.45) is -9.61. The van der Waals surface area contributed by atoms with Crippen LogP contribution < -0.4 is 0 Å². The molecule has 3 unspecified atom stereocenters. The first-order valence-corrected chi connectivity index (χ1v) is 43.1. The maximum absolute atomic E-state index is 15.9. The lowest BCUT2D eigenvalue weighted by atomic mass is 9.99. The van der Waals surface area contributed by atoms with Crippen LogP contribution in [0.3, 0.4) is 0 Å². The van der Waals surface area contributed by atoms with E-state index in [4.69, 9.17) is 68.0 Å². The first-order chi connectivity index (χ1) is 58.6. The molecule has 12 fully saturated rings. The van der Waals surface area contributed by atoms with Crippen LogP contribution in [0.25, 0.3) is 0 Å². The van der Waals surface area contributed by atoms with Crippen LogP contribution in [0.15, 0.2) is 18.6 Å². The molecule has 9 N–H and O–H groups in total. The van der Waals surface area contributed by atoms with Crippen LogP contribution in [-0.2, 0) is 101 Å². The summed E-state index contributed by atoms with van der Waals surface area (Å²) in [5.74, 6) is -5.44. The van der Waals surface area contributed by atoms with Gasteiger partial charge in [-0.05, 0) is 77.0 Å². The van der Waals surface area contributed by atoms with Crippen LogP contribution >= 0.6 is 34.8 Å². The van der Waals surface area contributed by atoms with Crippen molar-refractivity contribution in [2.75, 3.05) is 85.8 Å². The molecule has 0 radical (unpaired) electrons. The smallest absolute Gasteiger partial charge is 0.328 e. The highest BCUT2D eigenvalue weighted by Crippen LogP contribution is 2.41. The molecule has 672 valence electrons. The Morgan fingerprint density at radius 3 is 0.984 bits per heavy atom. The van der Waals surface area contributed by atoms with Crippen molar-refractivity contribution in [3.8, 4) is 0 Å². The first kappa shape index (κ1) is 89.2. The molecule has 15 heterocycles. The molecule has 3 aromatic heterocycles. The summed E-state index contributed by atoms with van der Waals surface area (Å²) in [5.41, 5.74) is 0.663. The summed E-state index contributed by atoms with van der Waals surface area (Å²) < 4.78 is 43.8. The Balaban J connectivity index is 0.663. The van der Waals surface area contributed by atoms with Crippen molar-refractivity contribution < 1.29 is 127 Å². The van der Waals surface area contributed by atoms with Gasteiger partial charge in [-0.15, -0.1) is 50.1 Å². The lowest BCUT2D eigenvalue weighted by Crippen LogP contribution is -2.59. The maximum Gasteiger partial charge on any atom is 0.328 e. The fourth-order valence-electron chi connectivity index (χ4n) is 19.7. The van der Waals surface area contributed by atoms with Gasteiger partial charge in [-0.25, -0.2) is 18.8 Å². The molecule has 44 nitrogen and oxygen atoms in total. The Hall–Kier alpha value is -7.61. The zero-order chi connectivity index (χ0) is 86.5. The SMILES string of the molecule is COC(=O)[C@@H]1CCCN1C(=O)[C@@H]1CC(n2cc(CO[C@@H]3O[C@H](CO)[C@H](O)[C@H](O)[C@H]3O)nn2)CN1C(=O)[C@@H]1CCCN1C(=O)[C@@H]1CCCN1C(=O)[C@@H]1CC(n2cc(CO[C@@H]3O[C@H](CO)[C@H](O)[C@H](O)[C@H]3O)nn2)CN1C(=O)[C@@H]1CCCN1C(=O)[C@@H]1CCCN1C(=O)[C@@H]1CC(n2cc(CO[C@@H]3O[C@H](CO)[C@@H](Cl)[C@H](Cl)[C@@H]3Cl)nn2)CN1C(=O)[C@@H]1CCCN1C(C)=O. The number of carbonyl (C=O) groups excluding carboxylic acids is 10. The number of alkyl halides is 3. The average molecular weight is 1780 g/mol. The van der Waals surface area contributed by atoms with E-state index in [9.17, 15) is 65.1 Å². The Morgan fingerprint density at radius 2 is 0.656 bits per heavy atom. The van der Waals surface area contributed by atoms with Gasteiger partial charge in [0.1, 0.15) is 132 Å². The van der Waals surface area contributed by atoms with E-state index in [-0.39, 0.29) is 134 Å². The van der Waals surface area contributed by atoms with E-state index in [1.54, 1.807) is 6.20 Å². The molecule has 0 aliphatic carbocycles. The number of likely N-dealkylation sites (tertiary alicyclic amines) is 9. The van der Waals surface area contributed by atoms with Gasteiger partial charge >= 0.3 is 5.97 Å². The standard InChI is InChI=1S/C75H105Cl3N18O26/c1-36(100)85-15-3-9-43(85)66(109)91-27-40(94-24-37(79-82-94)33-117-73-57(78)56(77)55(76)52(30-97)120-73)21-49(91)69(112)88-18-4-10-44(88)64(107)86-16-6-12-46(86)67(110)92-28-41(95-25-38(80-83-95)34-118-74-62(105)60(103)58(101)53(31-98)121-74)22-50(92)70(113)89-19-5-11-45(89)65(108)87-17-7-13-47(87)68(111)93-29-42(23-51(93)71(114)90-20-8-14-48(90)72(115)116-2)96-26-39(81-84-96)35-119-75-63(106)61(104)59(102)54(32-99)122-75/h24-26,40-63,73-75,97-99,101-106H,3-23,27-35H2,1-2H3/t40?,41?,42?,43-,44-,45-,46-,47-,48-,49-,50-,51-,52+,53+,54+,55+,56-,57-,58-,59-,60-,61-,62+,63+,73+,74+,75+/m0/s1. The van der Waals surface area contributed by atoms with Gasteiger partial charge in [0.2, 0.25) is 53.2 Å². The fourth-order valence-corrected chi connectivity index (χ4v) is 20.6. The van der Waals surface area contributed by atoms with Gasteiger partial charge in [0.15, 0.2) is 18.9 Å². The van der Waals surface area contributed by atoms with Crippen molar-refractivity contribution in [2.45, 2.75) is 285 Å². The molecule has 9 amide bonds. The molecule has 0 aromatic carbocycles. The maximum atomic E-state index is 15.9. The van der Waals surface area contributed by atoms with Crippen molar-refractivity contribution in [1.29, 1.82) is 0 Å². The number of rotatable bonds is 24. The van der Waals surface area contributed by atoms with Gasteiger partial charge in [-0.3, -0.25) is 43.2 Å². The number of amides is 9. The summed E-state index contributed by atoms with van der Waals surface area (Å²) in [7, 11) is 1.21. The summed E-state index contributed by atoms with van der Waals surface area (Å²) in [6.45, 7) is -0.939. The molecule has 0 saturated carbocycles. The summed E-state index contributed by atoms with van der Waals surface area (Å²) in [4.78, 5) is 163. The number of aliphatic hydroxyl groups excluding tert-OH is 9. The van der Waals surface area contributed by atoms with Gasteiger partial charge in [-0.1, -0.05) is 15.6 Å². The van der Waals surface area contributed by atoms with E-state index < -0.39 is 235 Å². The van der Waals surface area contributed by atoms with E-state index in [2.05, 4.69) is 30.9 Å². The highest BCUT2D eigenvalue weighted by molar-refractivity contribution is 6.35. The molecule has 3 aromatic rings. The third-order valence-electron chi connectivity index (χ3n) is 26.2. The van der Waals surface area contributed by atoms with Crippen LogP contribution in [0.5, 0.6) is 0 Å². The Labute approximate surface area is 713 Å². The van der Waals surface area contributed by atoms with E-state index in [1.807, 2.05) is 0 Å². The molecular weight excluding hydrogens is 1680 g/mol. The molecule has 12 aliphatic rings. The molecule has 0 bridgehead atoms. The van der Waals surface area contributed by atoms with Gasteiger partial charge in [0, 0.05) is 85.1 Å². The molecule has 47 heteroatoms. The number of nitrogens with zero attached hydrogens (tertiary/aromatic N) is 18. The van der Waals surface area contributed by atoms with Crippen LogP contribution in [-0.4, -0.2) is 424 Å². The second-order valence-electron chi connectivity index (χ2n) is 33.5. The van der Waals surface area contributed by atoms with E-state index in [1.165, 1.54) is 84.6 Å². The van der Waals surface area contributed by atoms with Gasteiger partial charge in [0.25, 0.3) is 0 Å². The number of carbonyl (C=O) groups is 10. The third kappa shape index (κ3) is 17.5. The van der Waals surface area contributed by atoms with Crippen molar-refractivity contribution >= 4 is 93.9 Å². The number of hydrogen-bond acceptors (Lipinski definition) is 32. The molecule has 0 spiro atoms. The molecule has 122 heavy (non-hydrogen) atoms. The number of halogens is 3. The van der Waals surface area contributed by atoms with Crippen molar-refractivity contribution in [3.63, 3.8) is 0 Å². The van der Waals surface area contributed by atoms with E-state index >= 15 is 28.8 Å². The lowest BCUT2D eigenvalue weighted by Gasteiger charge is -2.39. The number of methoxy groups -OCH3 is 1. The van der Waals surface area contributed by atoms with Crippen molar-refractivity contribution in [1.82, 2.24) is 89.1 Å². The minimum Gasteiger partial charge on any atom is -0.467 e. The predicted molar refractivity (Wildman–Crippen MR) is 410 cm³/mol. The van der Waals surface area contributed by atoms with Crippen molar-refractivity contribution in [3.05, 3.63) is 35.7 Å². The number of aliphatic hydroxyl groups is 9. The Morgan fingerprint density at radius 1 is 0.369 bits per heavy atom. The normalized spacial score (nSPS) is 36.3. The van der Waals surface area contributed by atoms with Crippen LogP contribution in [0.4, 0.5) is 0 Å². The van der Waals surface area contributed by atoms with Gasteiger partial charge < -0.3 is 123 Å². The minimum absolute atomic E-state index is 0.0177. The van der Waals surface area contributed by atoms with E-state index in [0.717, 1.165) is 0 Å². The largest absolute Gasteiger partial charge is 0.467 e. The minimum atomic E-state index is -1.74. The molecule has 15 rings (SSSR count). The molecule has 27 atom stereocenters. The second kappa shape index (κ2) is 37.9. The quantitative estimate of drug-likeness (QED) is 0.0298. The van der Waals surface area contributed by atoms with E-state index in [0.29, 0.717) is 63.6 Å². The lowest BCUT2D eigenvalue weighted by molar-refractivity contribution is -0.304. The second-order valence-corrected chi connectivity index (χ2v) is 35.0. The van der Waals surface area contributed by atoms with Crippen LogP contribution in [0, 0.1) is 0 Å². The Bertz CT molecular complexity index is 4300. The Kier molecular flexibility index (Phi) is 27.7. The summed E-state index contributed by atoms with van der Waals surface area (Å²) in [5, 5.41) is 116. The number of hydrogen-bond donors (Lipinski definition) is 9. The average Bonchev–Trinajstić information content (AvgIpc) is 1.61. The van der Waals surface area contributed by atoms with Crippen LogP contribution in [0.1, 0.15) is 138 Å². The number of aromatic nitrogens is 9. The van der Waals surface area contributed by atoms with Crippen molar-refractivity contribution in [2.24, 2.45) is 0 Å². The monoisotopic (exact) mass is 1780 g/mol. The predicted octanol–water partition coefficient (Wildman–Crippen LogP) is -5.88. The molecular formula is C75H105Cl3N18O26. The third-order valence-corrected chi connectivity index (χ3v) is 28.0. The summed E-state index contributed by atoms with van der Waals surface area (Å²) >= 11 is 19.4.